The van der Waals surface area contributed by atoms with Crippen LogP contribution in [0.5, 0.6) is 0 Å². The van der Waals surface area contributed by atoms with Crippen LogP contribution in [0.15, 0.2) is 12.1 Å². The molecule has 0 amide bonds. The van der Waals surface area contributed by atoms with Crippen molar-refractivity contribution in [3.05, 3.63) is 21.9 Å². The van der Waals surface area contributed by atoms with Gasteiger partial charge in [-0.05, 0) is 32.0 Å². The molecular weight excluding hydrogens is 198 g/mol. The number of aryl methyl sites for hydroxylation is 1. The Kier molecular flexibility index (Phi) is 2.56. The molecule has 4 heteroatoms. The Morgan fingerprint density at radius 2 is 2.43 bits per heavy atom. The molecule has 2 heterocycles. The number of nitrogens with one attached hydrogen (secondary N) is 1. The monoisotopic (exact) mass is 211 g/mol. The van der Waals surface area contributed by atoms with E-state index >= 15 is 0 Å². The van der Waals surface area contributed by atoms with Crippen molar-refractivity contribution in [3.63, 3.8) is 0 Å². The molecule has 1 aromatic rings. The highest BCUT2D eigenvalue weighted by Crippen LogP contribution is 2.33. The lowest BCUT2D eigenvalue weighted by Gasteiger charge is -2.13. The number of aliphatic carboxylic acids is 1. The molecule has 0 aromatic carbocycles. The molecule has 0 spiro atoms. The molecule has 2 N–H and O–H groups in total. The molecule has 1 aromatic heterocycles. The van der Waals surface area contributed by atoms with Crippen LogP contribution in [0, 0.1) is 12.8 Å². The summed E-state index contributed by atoms with van der Waals surface area (Å²) in [6.45, 7) is 2.84. The van der Waals surface area contributed by atoms with Gasteiger partial charge in [-0.2, -0.15) is 0 Å². The molecule has 14 heavy (non-hydrogen) atoms. The van der Waals surface area contributed by atoms with Gasteiger partial charge in [0.25, 0.3) is 0 Å². The fourth-order valence-corrected chi connectivity index (χ4v) is 2.91. The summed E-state index contributed by atoms with van der Waals surface area (Å²) < 4.78 is 0. The first kappa shape index (κ1) is 9.68. The molecule has 3 nitrogen and oxygen atoms in total. The molecule has 1 aliphatic heterocycles. The van der Waals surface area contributed by atoms with Crippen molar-refractivity contribution in [2.24, 2.45) is 5.92 Å². The van der Waals surface area contributed by atoms with E-state index in [0.717, 1.165) is 17.8 Å². The van der Waals surface area contributed by atoms with Crippen molar-refractivity contribution in [1.82, 2.24) is 5.32 Å². The SMILES string of the molecule is Cc1ccc([C@@H]2NCC[C@H]2C(=O)O)s1. The molecule has 2 rings (SSSR count). The maximum absolute atomic E-state index is 11.0. The van der Waals surface area contributed by atoms with Crippen molar-refractivity contribution in [2.45, 2.75) is 19.4 Å². The normalized spacial score (nSPS) is 26.6. The number of rotatable bonds is 2. The maximum atomic E-state index is 11.0. The molecule has 1 aliphatic rings. The van der Waals surface area contributed by atoms with Crippen LogP contribution in [0.3, 0.4) is 0 Å². The van der Waals surface area contributed by atoms with E-state index in [2.05, 4.69) is 5.32 Å². The highest BCUT2D eigenvalue weighted by molar-refractivity contribution is 7.12. The van der Waals surface area contributed by atoms with E-state index in [1.165, 1.54) is 4.88 Å². The Morgan fingerprint density at radius 1 is 1.64 bits per heavy atom. The second-order valence-corrected chi connectivity index (χ2v) is 4.93. The summed E-state index contributed by atoms with van der Waals surface area (Å²) in [5, 5.41) is 12.3. The van der Waals surface area contributed by atoms with E-state index in [9.17, 15) is 4.79 Å². The molecule has 0 bridgehead atoms. The second kappa shape index (κ2) is 3.71. The van der Waals surface area contributed by atoms with Gasteiger partial charge >= 0.3 is 5.97 Å². The van der Waals surface area contributed by atoms with Crippen LogP contribution < -0.4 is 5.32 Å². The first-order valence-corrected chi connectivity index (χ1v) is 5.52. The largest absolute Gasteiger partial charge is 0.481 e. The van der Waals surface area contributed by atoms with Gasteiger partial charge in [0.2, 0.25) is 0 Å². The summed E-state index contributed by atoms with van der Waals surface area (Å²) in [6, 6.07) is 4.09. The number of hydrogen-bond donors (Lipinski definition) is 2. The zero-order valence-electron chi connectivity index (χ0n) is 7.99. The van der Waals surface area contributed by atoms with E-state index in [0.29, 0.717) is 0 Å². The van der Waals surface area contributed by atoms with Crippen LogP contribution in [0.4, 0.5) is 0 Å². The number of carboxylic acid groups (broad SMARTS) is 1. The van der Waals surface area contributed by atoms with Crippen molar-refractivity contribution in [2.75, 3.05) is 6.54 Å². The number of hydrogen-bond acceptors (Lipinski definition) is 3. The molecule has 1 fully saturated rings. The van der Waals surface area contributed by atoms with Crippen LogP contribution in [0.25, 0.3) is 0 Å². The van der Waals surface area contributed by atoms with Gasteiger partial charge in [-0.15, -0.1) is 11.3 Å². The highest BCUT2D eigenvalue weighted by Gasteiger charge is 2.34. The third-order valence-electron chi connectivity index (χ3n) is 2.61. The molecule has 0 unspecified atom stereocenters. The topological polar surface area (TPSA) is 49.3 Å². The van der Waals surface area contributed by atoms with Gasteiger partial charge in [-0.3, -0.25) is 4.79 Å². The Hall–Kier alpha value is -0.870. The minimum absolute atomic E-state index is 0.0196. The van der Waals surface area contributed by atoms with Gasteiger partial charge in [0.15, 0.2) is 0 Å². The van der Waals surface area contributed by atoms with Gasteiger partial charge in [-0.25, -0.2) is 0 Å². The van der Waals surface area contributed by atoms with Gasteiger partial charge in [0, 0.05) is 9.75 Å². The fourth-order valence-electron chi connectivity index (χ4n) is 1.89. The van der Waals surface area contributed by atoms with Crippen LogP contribution >= 0.6 is 11.3 Å². The Morgan fingerprint density at radius 3 is 3.00 bits per heavy atom. The van der Waals surface area contributed by atoms with Gasteiger partial charge in [-0.1, -0.05) is 0 Å². The quantitative estimate of drug-likeness (QED) is 0.784. The van der Waals surface area contributed by atoms with Gasteiger partial charge in [0.1, 0.15) is 0 Å². The molecule has 0 saturated carbocycles. The van der Waals surface area contributed by atoms with Gasteiger partial charge in [0.05, 0.1) is 12.0 Å². The lowest BCUT2D eigenvalue weighted by Crippen LogP contribution is -2.22. The van der Waals surface area contributed by atoms with Crippen LogP contribution in [-0.2, 0) is 4.79 Å². The zero-order chi connectivity index (χ0) is 10.1. The molecule has 0 radical (unpaired) electrons. The fraction of sp³-hybridized carbons (Fsp3) is 0.500. The summed E-state index contributed by atoms with van der Waals surface area (Å²) in [4.78, 5) is 13.3. The van der Waals surface area contributed by atoms with E-state index in [4.69, 9.17) is 5.11 Å². The maximum Gasteiger partial charge on any atom is 0.308 e. The predicted molar refractivity (Wildman–Crippen MR) is 55.5 cm³/mol. The molecular formula is C10H13NO2S. The summed E-state index contributed by atoms with van der Waals surface area (Å²) in [7, 11) is 0. The van der Waals surface area contributed by atoms with E-state index < -0.39 is 5.97 Å². The summed E-state index contributed by atoms with van der Waals surface area (Å²) >= 11 is 1.68. The Bertz CT molecular complexity index is 348. The first-order valence-electron chi connectivity index (χ1n) is 4.71. The average Bonchev–Trinajstić information content (AvgIpc) is 2.70. The average molecular weight is 211 g/mol. The molecule has 76 valence electrons. The van der Waals surface area contributed by atoms with E-state index in [1.54, 1.807) is 11.3 Å². The standard InChI is InChI=1S/C10H13NO2S/c1-6-2-3-8(14-6)9-7(10(12)13)4-5-11-9/h2-3,7,9,11H,4-5H2,1H3,(H,12,13)/t7-,9-/m1/s1. The minimum atomic E-state index is -0.689. The molecule has 1 saturated heterocycles. The number of thiophene rings is 1. The zero-order valence-corrected chi connectivity index (χ0v) is 8.80. The third-order valence-corrected chi connectivity index (χ3v) is 3.69. The smallest absolute Gasteiger partial charge is 0.308 e. The lowest BCUT2D eigenvalue weighted by molar-refractivity contribution is -0.142. The molecule has 0 aliphatic carbocycles. The number of carboxylic acids is 1. The van der Waals surface area contributed by atoms with E-state index in [1.807, 2.05) is 19.1 Å². The van der Waals surface area contributed by atoms with Crippen molar-refractivity contribution >= 4 is 17.3 Å². The summed E-state index contributed by atoms with van der Waals surface area (Å²) in [5.74, 6) is -0.945. The van der Waals surface area contributed by atoms with Crippen molar-refractivity contribution < 1.29 is 9.90 Å². The second-order valence-electron chi connectivity index (χ2n) is 3.61. The van der Waals surface area contributed by atoms with Crippen LogP contribution in [0.1, 0.15) is 22.2 Å². The molecule has 2 atom stereocenters. The predicted octanol–water partition coefficient (Wildman–Crippen LogP) is 1.79. The van der Waals surface area contributed by atoms with Crippen LogP contribution in [0.2, 0.25) is 0 Å². The van der Waals surface area contributed by atoms with Crippen LogP contribution in [-0.4, -0.2) is 17.6 Å². The Balaban J connectivity index is 2.21. The summed E-state index contributed by atoms with van der Waals surface area (Å²) in [6.07, 6.45) is 0.733. The third kappa shape index (κ3) is 1.67. The van der Waals surface area contributed by atoms with Crippen molar-refractivity contribution in [3.8, 4) is 0 Å². The Labute approximate surface area is 86.8 Å². The summed E-state index contributed by atoms with van der Waals surface area (Å²) in [5.41, 5.74) is 0. The lowest BCUT2D eigenvalue weighted by atomic mass is 10.00. The minimum Gasteiger partial charge on any atom is -0.481 e. The first-order chi connectivity index (χ1) is 6.68. The highest BCUT2D eigenvalue weighted by atomic mass is 32.1. The number of carbonyl (C=O) groups is 1. The van der Waals surface area contributed by atoms with Crippen molar-refractivity contribution in [1.29, 1.82) is 0 Å². The van der Waals surface area contributed by atoms with E-state index in [-0.39, 0.29) is 12.0 Å². The van der Waals surface area contributed by atoms with Gasteiger partial charge < -0.3 is 10.4 Å².